The van der Waals surface area contributed by atoms with Crippen LogP contribution < -0.4 is 14.8 Å². The molecule has 0 aromatic heterocycles. The van der Waals surface area contributed by atoms with Gasteiger partial charge in [-0.2, -0.15) is 17.6 Å². The number of hydrogen-bond acceptors (Lipinski definition) is 4. The minimum Gasteiger partial charge on any atom is -0.481 e. The van der Waals surface area contributed by atoms with Gasteiger partial charge in [-0.1, -0.05) is 0 Å². The molecule has 2 rings (SSSR count). The van der Waals surface area contributed by atoms with Crippen LogP contribution in [0.4, 0.5) is 28.0 Å². The number of anilines is 1. The monoisotopic (exact) mass is 366 g/mol. The lowest BCUT2D eigenvalue weighted by Gasteiger charge is -2.19. The Morgan fingerprint density at radius 2 is 1.88 bits per heavy atom. The molecule has 1 atom stereocenters. The lowest BCUT2D eigenvalue weighted by atomic mass is 10.1. The summed E-state index contributed by atoms with van der Waals surface area (Å²) in [6, 6.07) is 2.19. The van der Waals surface area contributed by atoms with Crippen molar-refractivity contribution >= 4 is 17.7 Å². The molecule has 2 amide bonds. The maximum absolute atomic E-state index is 12.5. The predicted octanol–water partition coefficient (Wildman–Crippen LogP) is 2.83. The van der Waals surface area contributed by atoms with Crippen LogP contribution in [0.25, 0.3) is 0 Å². The number of aliphatic carboxylic acids is 1. The number of nitrogens with zero attached hydrogens (tertiary/aromatic N) is 1. The van der Waals surface area contributed by atoms with Gasteiger partial charge in [-0.3, -0.25) is 4.79 Å². The summed E-state index contributed by atoms with van der Waals surface area (Å²) in [5.74, 6) is -2.72. The summed E-state index contributed by atoms with van der Waals surface area (Å²) in [6.45, 7) is -6.25. The Balaban J connectivity index is 2.11. The van der Waals surface area contributed by atoms with Gasteiger partial charge >= 0.3 is 25.2 Å². The standard InChI is InChI=1S/C14H14F4N2O5/c15-12(16)24-8-1-2-9(10(5-8)25-13(17)18)19-14(23)20-4-3-7(6-20)11(21)22/h1-2,5,7,12-13H,3-4,6H2,(H,19,23)(H,21,22). The van der Waals surface area contributed by atoms with Crippen LogP contribution in [0.15, 0.2) is 18.2 Å². The molecule has 1 aromatic rings. The molecule has 1 fully saturated rings. The molecule has 25 heavy (non-hydrogen) atoms. The van der Waals surface area contributed by atoms with Gasteiger partial charge in [-0.05, 0) is 18.6 Å². The molecular formula is C14H14F4N2O5. The zero-order valence-corrected chi connectivity index (χ0v) is 12.6. The fraction of sp³-hybridized carbons (Fsp3) is 0.429. The van der Waals surface area contributed by atoms with E-state index in [0.717, 1.165) is 18.2 Å². The van der Waals surface area contributed by atoms with Gasteiger partial charge in [0.15, 0.2) is 5.75 Å². The van der Waals surface area contributed by atoms with Gasteiger partial charge < -0.3 is 24.8 Å². The highest BCUT2D eigenvalue weighted by Gasteiger charge is 2.31. The minimum atomic E-state index is -3.25. The molecule has 0 bridgehead atoms. The summed E-state index contributed by atoms with van der Waals surface area (Å²) >= 11 is 0. The number of carboxylic acids is 1. The molecule has 0 spiro atoms. The number of amides is 2. The van der Waals surface area contributed by atoms with Crippen LogP contribution in [-0.4, -0.2) is 48.3 Å². The van der Waals surface area contributed by atoms with Crippen molar-refractivity contribution in [1.29, 1.82) is 0 Å². The van der Waals surface area contributed by atoms with E-state index in [1.807, 2.05) is 0 Å². The maximum atomic E-state index is 12.5. The number of carbonyl (C=O) groups excluding carboxylic acids is 1. The van der Waals surface area contributed by atoms with Crippen LogP contribution >= 0.6 is 0 Å². The van der Waals surface area contributed by atoms with Crippen LogP contribution in [0, 0.1) is 5.92 Å². The lowest BCUT2D eigenvalue weighted by Crippen LogP contribution is -2.34. The average Bonchev–Trinajstić information content (AvgIpc) is 2.99. The number of hydrogen-bond donors (Lipinski definition) is 2. The van der Waals surface area contributed by atoms with Crippen molar-refractivity contribution in [3.05, 3.63) is 18.2 Å². The molecule has 1 unspecified atom stereocenters. The van der Waals surface area contributed by atoms with Crippen molar-refractivity contribution < 1.29 is 41.7 Å². The Hall–Kier alpha value is -2.72. The van der Waals surface area contributed by atoms with E-state index in [0.29, 0.717) is 0 Å². The first kappa shape index (κ1) is 18.6. The Morgan fingerprint density at radius 3 is 2.44 bits per heavy atom. The van der Waals surface area contributed by atoms with Crippen molar-refractivity contribution in [2.75, 3.05) is 18.4 Å². The van der Waals surface area contributed by atoms with Crippen LogP contribution in [0.1, 0.15) is 6.42 Å². The number of benzene rings is 1. The second-order valence-corrected chi connectivity index (χ2v) is 5.11. The largest absolute Gasteiger partial charge is 0.481 e. The molecule has 1 aromatic carbocycles. The zero-order chi connectivity index (χ0) is 18.6. The predicted molar refractivity (Wildman–Crippen MR) is 76.0 cm³/mol. The lowest BCUT2D eigenvalue weighted by molar-refractivity contribution is -0.141. The summed E-state index contributed by atoms with van der Waals surface area (Å²) in [7, 11) is 0. The topological polar surface area (TPSA) is 88.1 Å². The van der Waals surface area contributed by atoms with E-state index in [2.05, 4.69) is 14.8 Å². The number of rotatable bonds is 6. The first-order valence-corrected chi connectivity index (χ1v) is 7.08. The summed E-state index contributed by atoms with van der Waals surface area (Å²) in [5, 5.41) is 11.2. The Kier molecular flexibility index (Phi) is 5.88. The van der Waals surface area contributed by atoms with E-state index >= 15 is 0 Å². The van der Waals surface area contributed by atoms with Crippen molar-refractivity contribution in [3.63, 3.8) is 0 Å². The van der Waals surface area contributed by atoms with Gasteiger partial charge in [-0.25, -0.2) is 4.79 Å². The van der Waals surface area contributed by atoms with E-state index in [1.165, 1.54) is 4.90 Å². The first-order chi connectivity index (χ1) is 11.8. The van der Waals surface area contributed by atoms with Gasteiger partial charge in [0.2, 0.25) is 0 Å². The van der Waals surface area contributed by atoms with Crippen molar-refractivity contribution in [2.24, 2.45) is 5.92 Å². The molecule has 1 aliphatic heterocycles. The fourth-order valence-corrected chi connectivity index (χ4v) is 2.32. The molecule has 1 heterocycles. The third-order valence-electron chi connectivity index (χ3n) is 3.46. The van der Waals surface area contributed by atoms with Crippen LogP contribution in [0.2, 0.25) is 0 Å². The first-order valence-electron chi connectivity index (χ1n) is 7.08. The molecule has 2 N–H and O–H groups in total. The minimum absolute atomic E-state index is 0.0290. The third kappa shape index (κ3) is 5.13. The SMILES string of the molecule is O=C(O)C1CCN(C(=O)Nc2ccc(OC(F)F)cc2OC(F)F)C1. The number of carboxylic acid groups (broad SMARTS) is 1. The number of nitrogens with one attached hydrogen (secondary N) is 1. The number of urea groups is 1. The zero-order valence-electron chi connectivity index (χ0n) is 12.6. The highest BCUT2D eigenvalue weighted by atomic mass is 19.3. The number of ether oxygens (including phenoxy) is 2. The van der Waals surface area contributed by atoms with Crippen LogP contribution in [0.5, 0.6) is 11.5 Å². The Morgan fingerprint density at radius 1 is 1.20 bits per heavy atom. The molecule has 7 nitrogen and oxygen atoms in total. The number of halogens is 4. The molecule has 0 radical (unpaired) electrons. The number of alkyl halides is 4. The van der Waals surface area contributed by atoms with Crippen LogP contribution in [0.3, 0.4) is 0 Å². The molecule has 1 aliphatic rings. The molecule has 11 heteroatoms. The van der Waals surface area contributed by atoms with Gasteiger partial charge in [0.25, 0.3) is 0 Å². The molecule has 1 saturated heterocycles. The van der Waals surface area contributed by atoms with E-state index in [1.54, 1.807) is 0 Å². The van der Waals surface area contributed by atoms with E-state index < -0.39 is 42.6 Å². The van der Waals surface area contributed by atoms with Crippen molar-refractivity contribution in [2.45, 2.75) is 19.6 Å². The smallest absolute Gasteiger partial charge is 0.387 e. The van der Waals surface area contributed by atoms with E-state index in [-0.39, 0.29) is 25.2 Å². The van der Waals surface area contributed by atoms with Gasteiger partial charge in [0.1, 0.15) is 5.75 Å². The summed E-state index contributed by atoms with van der Waals surface area (Å²) < 4.78 is 57.6. The van der Waals surface area contributed by atoms with E-state index in [9.17, 15) is 27.2 Å². The van der Waals surface area contributed by atoms with Gasteiger partial charge in [0.05, 0.1) is 11.6 Å². The van der Waals surface area contributed by atoms with Crippen LogP contribution in [-0.2, 0) is 4.79 Å². The average molecular weight is 366 g/mol. The maximum Gasteiger partial charge on any atom is 0.387 e. The quantitative estimate of drug-likeness (QED) is 0.756. The molecular weight excluding hydrogens is 352 g/mol. The highest BCUT2D eigenvalue weighted by molar-refractivity contribution is 5.91. The summed E-state index contributed by atoms with van der Waals surface area (Å²) in [5.41, 5.74) is -0.189. The second kappa shape index (κ2) is 7.90. The fourth-order valence-electron chi connectivity index (χ4n) is 2.32. The molecule has 138 valence electrons. The van der Waals surface area contributed by atoms with Crippen molar-refractivity contribution in [3.8, 4) is 11.5 Å². The van der Waals surface area contributed by atoms with E-state index in [4.69, 9.17) is 5.11 Å². The number of likely N-dealkylation sites (tertiary alicyclic amines) is 1. The summed E-state index contributed by atoms with van der Waals surface area (Å²) in [4.78, 5) is 24.2. The third-order valence-corrected chi connectivity index (χ3v) is 3.46. The number of carbonyl (C=O) groups is 2. The Bertz CT molecular complexity index is 644. The highest BCUT2D eigenvalue weighted by Crippen LogP contribution is 2.32. The Labute approximate surface area is 139 Å². The molecule has 0 aliphatic carbocycles. The molecule has 0 saturated carbocycles. The second-order valence-electron chi connectivity index (χ2n) is 5.11. The summed E-state index contributed by atoms with van der Waals surface area (Å²) in [6.07, 6.45) is 0.268. The normalized spacial score (nSPS) is 17.0. The van der Waals surface area contributed by atoms with Gasteiger partial charge in [0, 0.05) is 19.2 Å². The van der Waals surface area contributed by atoms with Crippen molar-refractivity contribution in [1.82, 2.24) is 4.90 Å². The van der Waals surface area contributed by atoms with Gasteiger partial charge in [-0.15, -0.1) is 0 Å².